The molecule has 0 aromatic heterocycles. The Hall–Kier alpha value is -1.97. The number of ether oxygens (including phenoxy) is 2. The zero-order chi connectivity index (χ0) is 21.0. The minimum atomic E-state index is -3.72. The fourth-order valence-electron chi connectivity index (χ4n) is 3.67. The van der Waals surface area contributed by atoms with Gasteiger partial charge in [-0.2, -0.15) is 4.31 Å². The number of hydrogen-bond acceptors (Lipinski definition) is 6. The molecule has 0 radical (unpaired) electrons. The van der Waals surface area contributed by atoms with Crippen LogP contribution >= 0.6 is 0 Å². The number of morpholine rings is 1. The third-order valence-corrected chi connectivity index (χ3v) is 7.38. The molecule has 1 atom stereocenters. The summed E-state index contributed by atoms with van der Waals surface area (Å²) < 4.78 is 37.5. The number of piperidine rings is 1. The molecule has 3 rings (SSSR count). The molecule has 2 aliphatic rings. The molecule has 0 spiro atoms. The van der Waals surface area contributed by atoms with Crippen LogP contribution in [0.2, 0.25) is 0 Å². The summed E-state index contributed by atoms with van der Waals surface area (Å²) in [4.78, 5) is 26.7. The molecule has 9 heteroatoms. The normalized spacial score (nSPS) is 21.0. The van der Waals surface area contributed by atoms with Gasteiger partial charge in [0.15, 0.2) is 6.61 Å². The lowest BCUT2D eigenvalue weighted by Crippen LogP contribution is -2.44. The Morgan fingerprint density at radius 2 is 1.90 bits per heavy atom. The van der Waals surface area contributed by atoms with Gasteiger partial charge < -0.3 is 14.4 Å². The van der Waals surface area contributed by atoms with Crippen molar-refractivity contribution in [2.24, 2.45) is 0 Å². The Morgan fingerprint density at radius 3 is 2.59 bits per heavy atom. The second kappa shape index (κ2) is 9.23. The minimum Gasteiger partial charge on any atom is -0.452 e. The van der Waals surface area contributed by atoms with Gasteiger partial charge in [-0.15, -0.1) is 0 Å². The number of esters is 1. The standard InChI is InChI=1S/C20H28N2O6S/c1-15-6-7-17(29(25,26)21-9-11-27-12-10-21)13-18(15)20(24)28-14-19(23)22-8-4-3-5-16(22)2/h6-7,13,16H,3-5,8-12,14H2,1-2H3/t16-/m1/s1. The van der Waals surface area contributed by atoms with E-state index in [-0.39, 0.29) is 42.1 Å². The van der Waals surface area contributed by atoms with Crippen LogP contribution < -0.4 is 0 Å². The van der Waals surface area contributed by atoms with Crippen LogP contribution in [0, 0.1) is 6.92 Å². The molecule has 1 aromatic rings. The highest BCUT2D eigenvalue weighted by atomic mass is 32.2. The van der Waals surface area contributed by atoms with E-state index in [1.165, 1.54) is 16.4 Å². The van der Waals surface area contributed by atoms with Gasteiger partial charge in [0.1, 0.15) is 0 Å². The van der Waals surface area contributed by atoms with Crippen molar-refractivity contribution in [3.8, 4) is 0 Å². The first-order chi connectivity index (χ1) is 13.8. The molecule has 0 aliphatic carbocycles. The van der Waals surface area contributed by atoms with Crippen LogP contribution in [-0.4, -0.2) is 75.0 Å². The molecule has 1 aromatic carbocycles. The van der Waals surface area contributed by atoms with Crippen LogP contribution in [0.4, 0.5) is 0 Å². The third-order valence-electron chi connectivity index (χ3n) is 5.49. The van der Waals surface area contributed by atoms with Crippen molar-refractivity contribution >= 4 is 21.9 Å². The predicted molar refractivity (Wildman–Crippen MR) is 106 cm³/mol. The maximum absolute atomic E-state index is 12.8. The summed E-state index contributed by atoms with van der Waals surface area (Å²) in [6.45, 7) is 5.26. The smallest absolute Gasteiger partial charge is 0.338 e. The number of likely N-dealkylation sites (tertiary alicyclic amines) is 1. The van der Waals surface area contributed by atoms with Gasteiger partial charge in [-0.25, -0.2) is 13.2 Å². The molecule has 0 bridgehead atoms. The quantitative estimate of drug-likeness (QED) is 0.666. The predicted octanol–water partition coefficient (Wildman–Crippen LogP) is 1.57. The number of benzene rings is 1. The summed E-state index contributed by atoms with van der Waals surface area (Å²) >= 11 is 0. The van der Waals surface area contributed by atoms with Crippen molar-refractivity contribution in [2.45, 2.75) is 44.0 Å². The highest BCUT2D eigenvalue weighted by Gasteiger charge is 2.28. The fourth-order valence-corrected chi connectivity index (χ4v) is 5.11. The highest BCUT2D eigenvalue weighted by Crippen LogP contribution is 2.22. The van der Waals surface area contributed by atoms with Crippen molar-refractivity contribution in [1.82, 2.24) is 9.21 Å². The lowest BCUT2D eigenvalue weighted by atomic mass is 10.0. The largest absolute Gasteiger partial charge is 0.452 e. The Kier molecular flexibility index (Phi) is 6.92. The summed E-state index contributed by atoms with van der Waals surface area (Å²) in [6.07, 6.45) is 2.99. The average molecular weight is 425 g/mol. The van der Waals surface area contributed by atoms with E-state index >= 15 is 0 Å². The van der Waals surface area contributed by atoms with Crippen molar-refractivity contribution in [3.05, 3.63) is 29.3 Å². The maximum Gasteiger partial charge on any atom is 0.338 e. The highest BCUT2D eigenvalue weighted by molar-refractivity contribution is 7.89. The molecule has 0 unspecified atom stereocenters. The van der Waals surface area contributed by atoms with Gasteiger partial charge >= 0.3 is 5.97 Å². The van der Waals surface area contributed by atoms with Gasteiger partial charge in [0, 0.05) is 25.7 Å². The number of hydrogen-bond donors (Lipinski definition) is 0. The first kappa shape index (κ1) is 21.7. The van der Waals surface area contributed by atoms with Crippen LogP contribution in [0.1, 0.15) is 42.1 Å². The second-order valence-corrected chi connectivity index (χ2v) is 9.44. The van der Waals surface area contributed by atoms with E-state index in [1.54, 1.807) is 17.9 Å². The second-order valence-electron chi connectivity index (χ2n) is 7.50. The van der Waals surface area contributed by atoms with Crippen LogP contribution in [0.25, 0.3) is 0 Å². The summed E-state index contributed by atoms with van der Waals surface area (Å²) in [5, 5.41) is 0. The monoisotopic (exact) mass is 424 g/mol. The molecular weight excluding hydrogens is 396 g/mol. The van der Waals surface area contributed by atoms with Crippen LogP contribution in [0.5, 0.6) is 0 Å². The molecule has 0 saturated carbocycles. The molecule has 2 heterocycles. The Morgan fingerprint density at radius 1 is 1.17 bits per heavy atom. The number of sulfonamides is 1. The number of carbonyl (C=O) groups is 2. The SMILES string of the molecule is Cc1ccc(S(=O)(=O)N2CCOCC2)cc1C(=O)OCC(=O)N1CCCC[C@H]1C. The zero-order valence-corrected chi connectivity index (χ0v) is 17.7. The first-order valence-electron chi connectivity index (χ1n) is 9.96. The number of rotatable bonds is 5. The van der Waals surface area contributed by atoms with Crippen molar-refractivity contribution in [2.75, 3.05) is 39.5 Å². The van der Waals surface area contributed by atoms with Gasteiger partial charge in [-0.1, -0.05) is 6.07 Å². The van der Waals surface area contributed by atoms with E-state index in [0.717, 1.165) is 19.3 Å². The summed E-state index contributed by atoms with van der Waals surface area (Å²) in [5.41, 5.74) is 0.744. The molecular formula is C20H28N2O6S. The topological polar surface area (TPSA) is 93.2 Å². The molecule has 2 saturated heterocycles. The van der Waals surface area contributed by atoms with Gasteiger partial charge in [-0.3, -0.25) is 4.79 Å². The molecule has 1 amide bonds. The van der Waals surface area contributed by atoms with Gasteiger partial charge in [0.2, 0.25) is 10.0 Å². The van der Waals surface area contributed by atoms with E-state index in [4.69, 9.17) is 9.47 Å². The first-order valence-corrected chi connectivity index (χ1v) is 11.4. The van der Waals surface area contributed by atoms with Crippen molar-refractivity contribution < 1.29 is 27.5 Å². The van der Waals surface area contributed by atoms with E-state index in [0.29, 0.717) is 25.3 Å². The van der Waals surface area contributed by atoms with E-state index < -0.39 is 16.0 Å². The molecule has 2 aliphatic heterocycles. The zero-order valence-electron chi connectivity index (χ0n) is 16.9. The van der Waals surface area contributed by atoms with E-state index in [9.17, 15) is 18.0 Å². The lowest BCUT2D eigenvalue weighted by Gasteiger charge is -2.33. The van der Waals surface area contributed by atoms with E-state index in [1.807, 2.05) is 6.92 Å². The number of amides is 1. The van der Waals surface area contributed by atoms with Crippen LogP contribution in [-0.2, 0) is 24.3 Å². The number of carbonyl (C=O) groups excluding carboxylic acids is 2. The summed E-state index contributed by atoms with van der Waals surface area (Å²) in [6, 6.07) is 4.53. The van der Waals surface area contributed by atoms with Gasteiger partial charge in [0.25, 0.3) is 5.91 Å². The Labute approximate surface area is 171 Å². The van der Waals surface area contributed by atoms with Crippen LogP contribution in [0.3, 0.4) is 0 Å². The molecule has 8 nitrogen and oxygen atoms in total. The third kappa shape index (κ3) is 4.96. The Balaban J connectivity index is 1.70. The van der Waals surface area contributed by atoms with Gasteiger partial charge in [0.05, 0.1) is 23.7 Å². The van der Waals surface area contributed by atoms with Crippen molar-refractivity contribution in [1.29, 1.82) is 0 Å². The number of aryl methyl sites for hydroxylation is 1. The van der Waals surface area contributed by atoms with E-state index in [2.05, 4.69) is 0 Å². The fraction of sp³-hybridized carbons (Fsp3) is 0.600. The van der Waals surface area contributed by atoms with Gasteiger partial charge in [-0.05, 0) is 50.8 Å². The molecule has 160 valence electrons. The summed E-state index contributed by atoms with van der Waals surface area (Å²) in [7, 11) is -3.72. The Bertz CT molecular complexity index is 864. The summed E-state index contributed by atoms with van der Waals surface area (Å²) in [5.74, 6) is -0.917. The van der Waals surface area contributed by atoms with Crippen LogP contribution in [0.15, 0.2) is 23.1 Å². The molecule has 2 fully saturated rings. The average Bonchev–Trinajstić information content (AvgIpc) is 2.73. The molecule has 0 N–H and O–H groups in total. The number of nitrogens with zero attached hydrogens (tertiary/aromatic N) is 2. The molecule has 29 heavy (non-hydrogen) atoms. The van der Waals surface area contributed by atoms with Crippen molar-refractivity contribution in [3.63, 3.8) is 0 Å². The maximum atomic E-state index is 12.8. The minimum absolute atomic E-state index is 0.0351. The lowest BCUT2D eigenvalue weighted by molar-refractivity contribution is -0.137.